The Morgan fingerprint density at radius 3 is 2.33 bits per heavy atom. The predicted molar refractivity (Wildman–Crippen MR) is 81.4 cm³/mol. The van der Waals surface area contributed by atoms with Gasteiger partial charge >= 0.3 is 0 Å². The van der Waals surface area contributed by atoms with Gasteiger partial charge in [0.1, 0.15) is 0 Å². The van der Waals surface area contributed by atoms with E-state index in [1.807, 2.05) is 0 Å². The lowest BCUT2D eigenvalue weighted by Crippen LogP contribution is -2.42. The lowest BCUT2D eigenvalue weighted by Gasteiger charge is -2.34. The second-order valence-corrected chi connectivity index (χ2v) is 8.05. The van der Waals surface area contributed by atoms with E-state index < -0.39 is 15.9 Å². The maximum Gasteiger partial charge on any atom is 0.249 e. The minimum Gasteiger partial charge on any atom is -0.366 e. The standard InChI is InChI=1S/C15H22N2O3S/c1-10-6-11(2)9-17(8-10)21(19,20)13-5-4-12(3)14(7-13)15(16)18/h4-5,7,10-11H,6,8-9H2,1-3H3,(H2,16,18). The minimum atomic E-state index is -3.58. The molecule has 1 aliphatic rings. The molecule has 0 radical (unpaired) electrons. The topological polar surface area (TPSA) is 80.5 Å². The molecule has 2 unspecified atom stereocenters. The SMILES string of the molecule is Cc1ccc(S(=O)(=O)N2CC(C)CC(C)C2)cc1C(N)=O. The minimum absolute atomic E-state index is 0.142. The van der Waals surface area contributed by atoms with Crippen molar-refractivity contribution in [1.82, 2.24) is 4.31 Å². The molecule has 5 nitrogen and oxygen atoms in total. The third-order valence-corrected chi connectivity index (χ3v) is 5.78. The summed E-state index contributed by atoms with van der Waals surface area (Å²) in [5.74, 6) is 0.0686. The van der Waals surface area contributed by atoms with Gasteiger partial charge in [0.25, 0.3) is 0 Å². The van der Waals surface area contributed by atoms with Gasteiger partial charge in [0.15, 0.2) is 0 Å². The molecule has 0 bridgehead atoms. The molecule has 1 aliphatic heterocycles. The van der Waals surface area contributed by atoms with E-state index in [4.69, 9.17) is 5.73 Å². The molecule has 2 rings (SSSR count). The van der Waals surface area contributed by atoms with Crippen LogP contribution >= 0.6 is 0 Å². The molecule has 0 aliphatic carbocycles. The first-order valence-electron chi connectivity index (χ1n) is 7.12. The number of primary amides is 1. The Hall–Kier alpha value is -1.40. The Morgan fingerprint density at radius 1 is 1.24 bits per heavy atom. The fourth-order valence-corrected chi connectivity index (χ4v) is 4.68. The Morgan fingerprint density at radius 2 is 1.81 bits per heavy atom. The van der Waals surface area contributed by atoms with Gasteiger partial charge in [0.05, 0.1) is 4.90 Å². The van der Waals surface area contributed by atoms with Gasteiger partial charge < -0.3 is 5.73 Å². The molecule has 1 saturated heterocycles. The first kappa shape index (κ1) is 16.0. The molecule has 1 amide bonds. The Bertz CT molecular complexity index is 645. The molecular weight excluding hydrogens is 288 g/mol. The first-order chi connectivity index (χ1) is 9.71. The van der Waals surface area contributed by atoms with E-state index in [-0.39, 0.29) is 10.5 Å². The number of amides is 1. The monoisotopic (exact) mass is 310 g/mol. The molecule has 0 spiro atoms. The molecule has 1 aromatic carbocycles. The lowest BCUT2D eigenvalue weighted by molar-refractivity contribution is 0.0999. The number of nitrogens with two attached hydrogens (primary N) is 1. The Kier molecular flexibility index (Phi) is 4.39. The third kappa shape index (κ3) is 3.27. The molecule has 1 fully saturated rings. The van der Waals surface area contributed by atoms with Gasteiger partial charge in [-0.15, -0.1) is 0 Å². The average molecular weight is 310 g/mol. The summed E-state index contributed by atoms with van der Waals surface area (Å²) in [6.45, 7) is 6.89. The molecule has 0 aromatic heterocycles. The second-order valence-electron chi connectivity index (χ2n) is 6.11. The molecule has 1 heterocycles. The van der Waals surface area contributed by atoms with Crippen LogP contribution in [0.4, 0.5) is 0 Å². The molecule has 2 atom stereocenters. The largest absolute Gasteiger partial charge is 0.366 e. The summed E-state index contributed by atoms with van der Waals surface area (Å²) in [5, 5.41) is 0. The Balaban J connectivity index is 2.40. The van der Waals surface area contributed by atoms with Gasteiger partial charge in [-0.1, -0.05) is 19.9 Å². The number of hydrogen-bond donors (Lipinski definition) is 1. The number of piperidine rings is 1. The summed E-state index contributed by atoms with van der Waals surface area (Å²) in [6, 6.07) is 4.56. The number of carbonyl (C=O) groups excluding carboxylic acids is 1. The highest BCUT2D eigenvalue weighted by atomic mass is 32.2. The number of sulfonamides is 1. The second kappa shape index (κ2) is 5.77. The predicted octanol–water partition coefficient (Wildman–Crippen LogP) is 1.76. The number of rotatable bonds is 3. The molecule has 2 N–H and O–H groups in total. The van der Waals surface area contributed by atoms with Crippen molar-refractivity contribution in [2.45, 2.75) is 32.1 Å². The molecule has 116 valence electrons. The molecule has 21 heavy (non-hydrogen) atoms. The first-order valence-corrected chi connectivity index (χ1v) is 8.56. The zero-order valence-electron chi connectivity index (χ0n) is 12.7. The van der Waals surface area contributed by atoms with Crippen molar-refractivity contribution in [3.8, 4) is 0 Å². The number of nitrogens with zero attached hydrogens (tertiary/aromatic N) is 1. The fourth-order valence-electron chi connectivity index (χ4n) is 2.98. The van der Waals surface area contributed by atoms with E-state index in [1.165, 1.54) is 10.4 Å². The van der Waals surface area contributed by atoms with Gasteiger partial charge in [-0.25, -0.2) is 8.42 Å². The molecular formula is C15H22N2O3S. The van der Waals surface area contributed by atoms with E-state index in [0.717, 1.165) is 6.42 Å². The summed E-state index contributed by atoms with van der Waals surface area (Å²) in [5.41, 5.74) is 6.24. The number of aryl methyl sites for hydroxylation is 1. The summed E-state index contributed by atoms with van der Waals surface area (Å²) in [7, 11) is -3.58. The van der Waals surface area contributed by atoms with Crippen LogP contribution in [0.15, 0.2) is 23.1 Å². The highest BCUT2D eigenvalue weighted by molar-refractivity contribution is 7.89. The summed E-state index contributed by atoms with van der Waals surface area (Å²) >= 11 is 0. The number of benzene rings is 1. The molecule has 1 aromatic rings. The number of hydrogen-bond acceptors (Lipinski definition) is 3. The van der Waals surface area contributed by atoms with Crippen LogP contribution in [-0.4, -0.2) is 31.7 Å². The average Bonchev–Trinajstić information content (AvgIpc) is 2.37. The zero-order valence-corrected chi connectivity index (χ0v) is 13.5. The van der Waals surface area contributed by atoms with E-state index in [1.54, 1.807) is 19.1 Å². The van der Waals surface area contributed by atoms with E-state index >= 15 is 0 Å². The van der Waals surface area contributed by atoms with Crippen molar-refractivity contribution in [2.24, 2.45) is 17.6 Å². The summed E-state index contributed by atoms with van der Waals surface area (Å²) < 4.78 is 27.0. The van der Waals surface area contributed by atoms with Gasteiger partial charge in [-0.2, -0.15) is 4.31 Å². The van der Waals surface area contributed by atoms with E-state index in [2.05, 4.69) is 13.8 Å². The van der Waals surface area contributed by atoms with Crippen LogP contribution in [0.1, 0.15) is 36.2 Å². The van der Waals surface area contributed by atoms with Gasteiger partial charge in [0, 0.05) is 18.7 Å². The van der Waals surface area contributed by atoms with Crippen LogP contribution in [0.25, 0.3) is 0 Å². The quantitative estimate of drug-likeness (QED) is 0.923. The fraction of sp³-hybridized carbons (Fsp3) is 0.533. The summed E-state index contributed by atoms with van der Waals surface area (Å²) in [4.78, 5) is 11.5. The van der Waals surface area contributed by atoms with Crippen molar-refractivity contribution in [1.29, 1.82) is 0 Å². The van der Waals surface area contributed by atoms with Crippen LogP contribution in [-0.2, 0) is 10.0 Å². The van der Waals surface area contributed by atoms with Crippen molar-refractivity contribution in [3.05, 3.63) is 29.3 Å². The smallest absolute Gasteiger partial charge is 0.249 e. The van der Waals surface area contributed by atoms with Gasteiger partial charge in [-0.05, 0) is 42.9 Å². The lowest BCUT2D eigenvalue weighted by atomic mass is 9.94. The zero-order chi connectivity index (χ0) is 15.8. The third-order valence-electron chi connectivity index (χ3n) is 3.95. The van der Waals surface area contributed by atoms with Gasteiger partial charge in [-0.3, -0.25) is 4.79 Å². The van der Waals surface area contributed by atoms with E-state index in [9.17, 15) is 13.2 Å². The van der Waals surface area contributed by atoms with Crippen LogP contribution < -0.4 is 5.73 Å². The van der Waals surface area contributed by atoms with Crippen LogP contribution in [0.3, 0.4) is 0 Å². The van der Waals surface area contributed by atoms with Crippen LogP contribution in [0.2, 0.25) is 0 Å². The van der Waals surface area contributed by atoms with Crippen molar-refractivity contribution >= 4 is 15.9 Å². The van der Waals surface area contributed by atoms with E-state index in [0.29, 0.717) is 30.5 Å². The summed E-state index contributed by atoms with van der Waals surface area (Å²) in [6.07, 6.45) is 1.03. The maximum atomic E-state index is 12.7. The maximum absolute atomic E-state index is 12.7. The van der Waals surface area contributed by atoms with Crippen molar-refractivity contribution in [3.63, 3.8) is 0 Å². The van der Waals surface area contributed by atoms with Crippen LogP contribution in [0, 0.1) is 18.8 Å². The molecule has 6 heteroatoms. The number of carbonyl (C=O) groups is 1. The highest BCUT2D eigenvalue weighted by Crippen LogP contribution is 2.27. The highest BCUT2D eigenvalue weighted by Gasteiger charge is 2.32. The van der Waals surface area contributed by atoms with Crippen molar-refractivity contribution < 1.29 is 13.2 Å². The van der Waals surface area contributed by atoms with Crippen LogP contribution in [0.5, 0.6) is 0 Å². The van der Waals surface area contributed by atoms with Crippen molar-refractivity contribution in [2.75, 3.05) is 13.1 Å². The molecule has 0 saturated carbocycles. The normalized spacial score (nSPS) is 24.0. The Labute approximate surface area is 126 Å². The van der Waals surface area contributed by atoms with Gasteiger partial charge in [0.2, 0.25) is 15.9 Å².